The van der Waals surface area contributed by atoms with Gasteiger partial charge in [-0.1, -0.05) is 5.16 Å². The van der Waals surface area contributed by atoms with Crippen molar-refractivity contribution in [3.63, 3.8) is 0 Å². The van der Waals surface area contributed by atoms with E-state index in [9.17, 15) is 4.79 Å². The van der Waals surface area contributed by atoms with Gasteiger partial charge in [0.15, 0.2) is 5.78 Å². The van der Waals surface area contributed by atoms with Crippen molar-refractivity contribution in [2.45, 2.75) is 19.8 Å². The van der Waals surface area contributed by atoms with Gasteiger partial charge in [-0.15, -0.1) is 0 Å². The smallest absolute Gasteiger partial charge is 0.177 e. The van der Waals surface area contributed by atoms with Crippen molar-refractivity contribution in [1.29, 1.82) is 0 Å². The van der Waals surface area contributed by atoms with Crippen LogP contribution in [0.5, 0.6) is 0 Å². The molecule has 12 heavy (non-hydrogen) atoms. The molecular weight excluding hydrogens is 156 g/mol. The highest BCUT2D eigenvalue weighted by Gasteiger charge is 2.05. The molecule has 0 amide bonds. The Kier molecular flexibility index (Phi) is 5.28. The second-order valence-corrected chi connectivity index (χ2v) is 3.01. The summed E-state index contributed by atoms with van der Waals surface area (Å²) in [7, 11) is 3.92. The van der Waals surface area contributed by atoms with E-state index in [4.69, 9.17) is 5.21 Å². The number of hydrogen-bond acceptors (Lipinski definition) is 4. The maximum Gasteiger partial charge on any atom is 0.177 e. The van der Waals surface area contributed by atoms with Crippen LogP contribution in [0.4, 0.5) is 0 Å². The molecule has 0 rings (SSSR count). The molecule has 0 aliphatic heterocycles. The normalized spacial score (nSPS) is 12.2. The van der Waals surface area contributed by atoms with Crippen molar-refractivity contribution in [1.82, 2.24) is 4.90 Å². The highest BCUT2D eigenvalue weighted by atomic mass is 16.4. The summed E-state index contributed by atoms with van der Waals surface area (Å²) in [6.07, 6.45) is 1.38. The van der Waals surface area contributed by atoms with Gasteiger partial charge in [0.25, 0.3) is 0 Å². The van der Waals surface area contributed by atoms with Crippen LogP contribution in [-0.4, -0.2) is 42.2 Å². The molecule has 4 nitrogen and oxygen atoms in total. The average molecular weight is 172 g/mol. The van der Waals surface area contributed by atoms with Crippen molar-refractivity contribution < 1.29 is 10.0 Å². The maximum absolute atomic E-state index is 10.7. The Bertz CT molecular complexity index is 176. The summed E-state index contributed by atoms with van der Waals surface area (Å²) in [5.74, 6) is -0.156. The predicted molar refractivity (Wildman–Crippen MR) is 47.7 cm³/mol. The first-order chi connectivity index (χ1) is 5.57. The van der Waals surface area contributed by atoms with Gasteiger partial charge >= 0.3 is 0 Å². The van der Waals surface area contributed by atoms with E-state index in [2.05, 4.69) is 5.16 Å². The fourth-order valence-corrected chi connectivity index (χ4v) is 0.859. The molecule has 4 heteroatoms. The Morgan fingerprint density at radius 3 is 2.42 bits per heavy atom. The lowest BCUT2D eigenvalue weighted by molar-refractivity contribution is -0.111. The number of rotatable bonds is 5. The van der Waals surface area contributed by atoms with Gasteiger partial charge in [0.05, 0.1) is 0 Å². The Hall–Kier alpha value is -0.900. The molecule has 70 valence electrons. The van der Waals surface area contributed by atoms with E-state index in [-0.39, 0.29) is 11.5 Å². The van der Waals surface area contributed by atoms with Crippen LogP contribution < -0.4 is 0 Å². The largest absolute Gasteiger partial charge is 0.411 e. The number of oxime groups is 1. The first kappa shape index (κ1) is 11.1. The average Bonchev–Trinajstić information content (AvgIpc) is 1.96. The van der Waals surface area contributed by atoms with Crippen molar-refractivity contribution in [3.8, 4) is 0 Å². The zero-order valence-corrected chi connectivity index (χ0v) is 7.87. The zero-order valence-electron chi connectivity index (χ0n) is 7.87. The zero-order chi connectivity index (χ0) is 9.56. The first-order valence-electron chi connectivity index (χ1n) is 3.94. The van der Waals surface area contributed by atoms with E-state index in [1.54, 1.807) is 0 Å². The quantitative estimate of drug-likeness (QED) is 0.378. The van der Waals surface area contributed by atoms with Crippen LogP contribution in [0, 0.1) is 0 Å². The molecule has 0 aliphatic carbocycles. The Morgan fingerprint density at radius 2 is 2.08 bits per heavy atom. The molecule has 0 heterocycles. The third-order valence-electron chi connectivity index (χ3n) is 1.55. The van der Waals surface area contributed by atoms with Crippen LogP contribution in [-0.2, 0) is 4.79 Å². The molecule has 0 aromatic heterocycles. The molecule has 0 radical (unpaired) electrons. The van der Waals surface area contributed by atoms with Gasteiger partial charge in [-0.25, -0.2) is 0 Å². The van der Waals surface area contributed by atoms with Crippen LogP contribution >= 0.6 is 0 Å². The summed E-state index contributed by atoms with van der Waals surface area (Å²) in [6.45, 7) is 2.30. The number of nitrogens with zero attached hydrogens (tertiary/aromatic N) is 2. The highest BCUT2D eigenvalue weighted by molar-refractivity contribution is 6.38. The van der Waals surface area contributed by atoms with Crippen LogP contribution in [0.3, 0.4) is 0 Å². The second kappa shape index (κ2) is 5.71. The minimum absolute atomic E-state index is 0.156. The van der Waals surface area contributed by atoms with Crippen molar-refractivity contribution >= 4 is 11.5 Å². The molecule has 0 atom stereocenters. The van der Waals surface area contributed by atoms with Crippen LogP contribution in [0.25, 0.3) is 0 Å². The second-order valence-electron chi connectivity index (χ2n) is 3.01. The van der Waals surface area contributed by atoms with Gasteiger partial charge in [0.2, 0.25) is 0 Å². The first-order valence-corrected chi connectivity index (χ1v) is 3.94. The topological polar surface area (TPSA) is 52.9 Å². The van der Waals surface area contributed by atoms with Crippen LogP contribution in [0.15, 0.2) is 5.16 Å². The van der Waals surface area contributed by atoms with Gasteiger partial charge in [0.1, 0.15) is 5.71 Å². The Labute approximate surface area is 72.9 Å². The lowest BCUT2D eigenvalue weighted by Gasteiger charge is -2.08. The lowest BCUT2D eigenvalue weighted by Crippen LogP contribution is -2.16. The van der Waals surface area contributed by atoms with E-state index in [0.29, 0.717) is 6.42 Å². The summed E-state index contributed by atoms with van der Waals surface area (Å²) in [6, 6.07) is 0. The molecule has 0 saturated heterocycles. The Morgan fingerprint density at radius 1 is 1.50 bits per heavy atom. The van der Waals surface area contributed by atoms with Crippen molar-refractivity contribution in [2.75, 3.05) is 20.6 Å². The minimum atomic E-state index is -0.156. The van der Waals surface area contributed by atoms with Crippen LogP contribution in [0.2, 0.25) is 0 Å². The molecule has 0 spiro atoms. The fourth-order valence-electron chi connectivity index (χ4n) is 0.859. The van der Waals surface area contributed by atoms with Gasteiger partial charge in [0, 0.05) is 6.92 Å². The highest BCUT2D eigenvalue weighted by Crippen LogP contribution is 1.95. The molecule has 0 unspecified atom stereocenters. The van der Waals surface area contributed by atoms with E-state index < -0.39 is 0 Å². The third-order valence-corrected chi connectivity index (χ3v) is 1.55. The maximum atomic E-state index is 10.7. The molecule has 0 fully saturated rings. The minimum Gasteiger partial charge on any atom is -0.411 e. The van der Waals surface area contributed by atoms with E-state index in [0.717, 1.165) is 13.0 Å². The van der Waals surface area contributed by atoms with E-state index in [1.165, 1.54) is 6.92 Å². The molecule has 0 aromatic rings. The molecule has 0 saturated carbocycles. The summed E-state index contributed by atoms with van der Waals surface area (Å²) >= 11 is 0. The van der Waals surface area contributed by atoms with E-state index >= 15 is 0 Å². The summed E-state index contributed by atoms with van der Waals surface area (Å²) in [5.41, 5.74) is 0.261. The third kappa shape index (κ3) is 4.85. The molecule has 0 bridgehead atoms. The van der Waals surface area contributed by atoms with Crippen molar-refractivity contribution in [2.24, 2.45) is 5.16 Å². The SMILES string of the molecule is CC(=O)/C(CCCN(C)C)=N/O. The number of carbonyl (C=O) groups excluding carboxylic acids is 1. The monoisotopic (exact) mass is 172 g/mol. The van der Waals surface area contributed by atoms with Gasteiger partial charge in [-0.3, -0.25) is 4.79 Å². The van der Waals surface area contributed by atoms with Crippen molar-refractivity contribution in [3.05, 3.63) is 0 Å². The summed E-state index contributed by atoms with van der Waals surface area (Å²) in [4.78, 5) is 12.8. The summed E-state index contributed by atoms with van der Waals surface area (Å²) in [5, 5.41) is 11.3. The lowest BCUT2D eigenvalue weighted by atomic mass is 10.1. The van der Waals surface area contributed by atoms with Gasteiger partial charge in [-0.2, -0.15) is 0 Å². The number of Topliss-reactive ketones (excluding diaryl/α,β-unsaturated/α-hetero) is 1. The summed E-state index contributed by atoms with van der Waals surface area (Å²) < 4.78 is 0. The van der Waals surface area contributed by atoms with Crippen LogP contribution in [0.1, 0.15) is 19.8 Å². The number of carbonyl (C=O) groups is 1. The molecular formula is C8H16N2O2. The molecule has 0 aliphatic rings. The van der Waals surface area contributed by atoms with Gasteiger partial charge in [-0.05, 0) is 33.5 Å². The Balaban J connectivity index is 3.68. The molecule has 0 aromatic carbocycles. The van der Waals surface area contributed by atoms with Gasteiger partial charge < -0.3 is 10.1 Å². The number of hydrogen-bond donors (Lipinski definition) is 1. The number of ketones is 1. The standard InChI is InChI=1S/C8H16N2O2/c1-7(11)8(9-12)5-4-6-10(2)3/h12H,4-6H2,1-3H3/b9-8+. The molecule has 1 N–H and O–H groups in total. The fraction of sp³-hybridized carbons (Fsp3) is 0.750. The van der Waals surface area contributed by atoms with E-state index in [1.807, 2.05) is 19.0 Å². The predicted octanol–water partition coefficient (Wildman–Crippen LogP) is 0.747.